The van der Waals surface area contributed by atoms with E-state index in [0.29, 0.717) is 0 Å². The number of carbonyl (C=O) groups excluding carboxylic acids is 1. The lowest BCUT2D eigenvalue weighted by Crippen LogP contribution is -2.32. The second kappa shape index (κ2) is 7.41. The normalized spacial score (nSPS) is 18.8. The number of hydrogen-bond donors (Lipinski definition) is 2. The standard InChI is InChI=1S/C19H24N2O/c22-19(17-8-4-12-20-13-10-17)21-14-11-16-7-3-6-15-5-1-2-9-18(15)16/h1-3,5-7,9,17,20H,4,8,10-14H2,(H,21,22). The maximum atomic E-state index is 12.3. The maximum Gasteiger partial charge on any atom is 0.223 e. The van der Waals surface area contributed by atoms with Gasteiger partial charge in [-0.3, -0.25) is 4.79 Å². The second-order valence-corrected chi connectivity index (χ2v) is 6.06. The van der Waals surface area contributed by atoms with Crippen LogP contribution in [0.15, 0.2) is 42.5 Å². The van der Waals surface area contributed by atoms with E-state index in [-0.39, 0.29) is 11.8 Å². The Morgan fingerprint density at radius 3 is 2.91 bits per heavy atom. The zero-order chi connectivity index (χ0) is 15.2. The lowest BCUT2D eigenvalue weighted by atomic mass is 9.99. The highest BCUT2D eigenvalue weighted by molar-refractivity contribution is 5.85. The van der Waals surface area contributed by atoms with Crippen LogP contribution in [0.1, 0.15) is 24.8 Å². The van der Waals surface area contributed by atoms with E-state index in [0.717, 1.165) is 45.3 Å². The van der Waals surface area contributed by atoms with E-state index in [1.807, 2.05) is 0 Å². The second-order valence-electron chi connectivity index (χ2n) is 6.06. The predicted octanol–water partition coefficient (Wildman–Crippen LogP) is 2.89. The van der Waals surface area contributed by atoms with Crippen LogP contribution in [-0.4, -0.2) is 25.5 Å². The summed E-state index contributed by atoms with van der Waals surface area (Å²) in [6, 6.07) is 14.8. The molecule has 0 radical (unpaired) electrons. The third kappa shape index (κ3) is 3.66. The fourth-order valence-corrected chi connectivity index (χ4v) is 3.26. The van der Waals surface area contributed by atoms with E-state index in [1.54, 1.807) is 0 Å². The number of nitrogens with one attached hydrogen (secondary N) is 2. The van der Waals surface area contributed by atoms with Gasteiger partial charge in [0.15, 0.2) is 0 Å². The summed E-state index contributed by atoms with van der Waals surface area (Å²) in [4.78, 5) is 12.3. The van der Waals surface area contributed by atoms with Gasteiger partial charge in [0, 0.05) is 12.5 Å². The molecule has 1 aliphatic rings. The van der Waals surface area contributed by atoms with Gasteiger partial charge in [0.1, 0.15) is 0 Å². The molecule has 1 amide bonds. The summed E-state index contributed by atoms with van der Waals surface area (Å²) in [7, 11) is 0. The van der Waals surface area contributed by atoms with Gasteiger partial charge in [0.05, 0.1) is 0 Å². The van der Waals surface area contributed by atoms with Crippen LogP contribution < -0.4 is 10.6 Å². The van der Waals surface area contributed by atoms with Crippen LogP contribution in [0.25, 0.3) is 10.8 Å². The van der Waals surface area contributed by atoms with Crippen molar-refractivity contribution in [1.29, 1.82) is 0 Å². The van der Waals surface area contributed by atoms with Gasteiger partial charge >= 0.3 is 0 Å². The SMILES string of the molecule is O=C(NCCc1cccc2ccccc12)C1CCCNCC1. The predicted molar refractivity (Wildman–Crippen MR) is 90.9 cm³/mol. The number of hydrogen-bond acceptors (Lipinski definition) is 2. The summed E-state index contributed by atoms with van der Waals surface area (Å²) in [5, 5.41) is 9.04. The highest BCUT2D eigenvalue weighted by atomic mass is 16.1. The molecular weight excluding hydrogens is 272 g/mol. The van der Waals surface area contributed by atoms with Gasteiger partial charge in [-0.2, -0.15) is 0 Å². The Morgan fingerprint density at radius 2 is 1.95 bits per heavy atom. The monoisotopic (exact) mass is 296 g/mol. The molecule has 0 bridgehead atoms. The summed E-state index contributed by atoms with van der Waals surface area (Å²) in [6.07, 6.45) is 3.95. The topological polar surface area (TPSA) is 41.1 Å². The van der Waals surface area contributed by atoms with Crippen molar-refractivity contribution in [3.63, 3.8) is 0 Å². The molecule has 2 N–H and O–H groups in total. The number of amides is 1. The molecule has 1 saturated heterocycles. The molecule has 22 heavy (non-hydrogen) atoms. The Morgan fingerprint density at radius 1 is 1.09 bits per heavy atom. The summed E-state index contributed by atoms with van der Waals surface area (Å²) < 4.78 is 0. The molecule has 1 heterocycles. The molecule has 1 aliphatic heterocycles. The smallest absolute Gasteiger partial charge is 0.223 e. The van der Waals surface area contributed by atoms with Crippen molar-refractivity contribution in [1.82, 2.24) is 10.6 Å². The van der Waals surface area contributed by atoms with Crippen LogP contribution in [0, 0.1) is 5.92 Å². The molecular formula is C19H24N2O. The van der Waals surface area contributed by atoms with Crippen molar-refractivity contribution in [3.05, 3.63) is 48.0 Å². The van der Waals surface area contributed by atoms with E-state index in [4.69, 9.17) is 0 Å². The molecule has 3 heteroatoms. The van der Waals surface area contributed by atoms with Crippen LogP contribution in [0.3, 0.4) is 0 Å². The fourth-order valence-electron chi connectivity index (χ4n) is 3.26. The van der Waals surface area contributed by atoms with Crippen molar-refractivity contribution < 1.29 is 4.79 Å². The first-order valence-electron chi connectivity index (χ1n) is 8.29. The first kappa shape index (κ1) is 15.0. The summed E-state index contributed by atoms with van der Waals surface area (Å²) in [5.74, 6) is 0.409. The van der Waals surface area contributed by atoms with Gasteiger partial charge < -0.3 is 10.6 Å². The van der Waals surface area contributed by atoms with Gasteiger partial charge in [-0.15, -0.1) is 0 Å². The van der Waals surface area contributed by atoms with Gasteiger partial charge in [-0.05, 0) is 55.1 Å². The third-order valence-electron chi connectivity index (χ3n) is 4.52. The average molecular weight is 296 g/mol. The van der Waals surface area contributed by atoms with Gasteiger partial charge in [0.2, 0.25) is 5.91 Å². The van der Waals surface area contributed by atoms with Crippen molar-refractivity contribution in [2.24, 2.45) is 5.92 Å². The lowest BCUT2D eigenvalue weighted by molar-refractivity contribution is -0.125. The Hall–Kier alpha value is -1.87. The summed E-state index contributed by atoms with van der Waals surface area (Å²) in [6.45, 7) is 2.72. The Balaban J connectivity index is 1.56. The molecule has 3 nitrogen and oxygen atoms in total. The number of rotatable bonds is 4. The minimum Gasteiger partial charge on any atom is -0.356 e. The Labute approximate surface area is 132 Å². The molecule has 0 aromatic heterocycles. The number of carbonyl (C=O) groups is 1. The summed E-state index contributed by atoms with van der Waals surface area (Å²) >= 11 is 0. The minimum atomic E-state index is 0.183. The van der Waals surface area contributed by atoms with Gasteiger partial charge in [-0.1, -0.05) is 42.5 Å². The van der Waals surface area contributed by atoms with Crippen LogP contribution in [0.5, 0.6) is 0 Å². The van der Waals surface area contributed by atoms with E-state index in [9.17, 15) is 4.79 Å². The third-order valence-corrected chi connectivity index (χ3v) is 4.52. The van der Waals surface area contributed by atoms with Crippen LogP contribution in [0.4, 0.5) is 0 Å². The maximum absolute atomic E-state index is 12.3. The first-order valence-corrected chi connectivity index (χ1v) is 8.29. The molecule has 1 unspecified atom stereocenters. The molecule has 0 saturated carbocycles. The molecule has 1 fully saturated rings. The van der Waals surface area contributed by atoms with E-state index in [1.165, 1.54) is 16.3 Å². The van der Waals surface area contributed by atoms with E-state index in [2.05, 4.69) is 53.1 Å². The molecule has 0 aliphatic carbocycles. The van der Waals surface area contributed by atoms with Gasteiger partial charge in [0.25, 0.3) is 0 Å². The molecule has 2 aromatic carbocycles. The molecule has 2 aromatic rings. The van der Waals surface area contributed by atoms with Crippen LogP contribution in [0.2, 0.25) is 0 Å². The van der Waals surface area contributed by atoms with Crippen molar-refractivity contribution in [2.75, 3.05) is 19.6 Å². The summed E-state index contributed by atoms with van der Waals surface area (Å²) in [5.41, 5.74) is 1.31. The van der Waals surface area contributed by atoms with Crippen LogP contribution in [-0.2, 0) is 11.2 Å². The number of fused-ring (bicyclic) bond motifs is 1. The highest BCUT2D eigenvalue weighted by Gasteiger charge is 2.19. The highest BCUT2D eigenvalue weighted by Crippen LogP contribution is 2.19. The van der Waals surface area contributed by atoms with Crippen molar-refractivity contribution >= 4 is 16.7 Å². The Bertz CT molecular complexity index is 625. The van der Waals surface area contributed by atoms with Crippen LogP contribution >= 0.6 is 0 Å². The zero-order valence-electron chi connectivity index (χ0n) is 13.0. The lowest BCUT2D eigenvalue weighted by Gasteiger charge is -2.14. The van der Waals surface area contributed by atoms with E-state index >= 15 is 0 Å². The largest absolute Gasteiger partial charge is 0.356 e. The first-order chi connectivity index (χ1) is 10.8. The zero-order valence-corrected chi connectivity index (χ0v) is 13.0. The Kier molecular flexibility index (Phi) is 5.07. The fraction of sp³-hybridized carbons (Fsp3) is 0.421. The molecule has 1 atom stereocenters. The van der Waals surface area contributed by atoms with Crippen molar-refractivity contribution in [3.8, 4) is 0 Å². The number of benzene rings is 2. The quantitative estimate of drug-likeness (QED) is 0.911. The molecule has 0 spiro atoms. The van der Waals surface area contributed by atoms with Crippen molar-refractivity contribution in [2.45, 2.75) is 25.7 Å². The van der Waals surface area contributed by atoms with E-state index < -0.39 is 0 Å². The minimum absolute atomic E-state index is 0.183. The molecule has 3 rings (SSSR count). The van der Waals surface area contributed by atoms with Gasteiger partial charge in [-0.25, -0.2) is 0 Å². The molecule has 116 valence electrons. The average Bonchev–Trinajstić information content (AvgIpc) is 2.84.